The lowest BCUT2D eigenvalue weighted by molar-refractivity contribution is -0.635. The number of likely N-dealkylation sites (N-methyl/N-ethyl adjacent to an activating group) is 1. The molecule has 48 heavy (non-hydrogen) atoms. The van der Waals surface area contributed by atoms with Gasteiger partial charge in [0, 0.05) is 35.5 Å². The van der Waals surface area contributed by atoms with Gasteiger partial charge in [0.2, 0.25) is 0 Å². The molecule has 0 unspecified atom stereocenters. The molecule has 0 amide bonds. The molecule has 7 N–H and O–H groups in total. The Bertz CT molecular complexity index is 1420. The van der Waals surface area contributed by atoms with Gasteiger partial charge in [-0.1, -0.05) is 69.2 Å². The van der Waals surface area contributed by atoms with Gasteiger partial charge >= 0.3 is 0 Å². The monoisotopic (exact) mass is 666 g/mol. The van der Waals surface area contributed by atoms with Crippen LogP contribution in [0.4, 0.5) is 10.1 Å². The number of nitrogens with zero attached hydrogens (tertiary/aromatic N) is 1. The third-order valence-corrected chi connectivity index (χ3v) is 7.82. The number of aliphatic hydroxyl groups is 5. The number of carbonyl (C=O) groups is 1. The Hall–Kier alpha value is -3.82. The van der Waals surface area contributed by atoms with Crippen molar-refractivity contribution in [1.82, 2.24) is 0 Å². The molecule has 0 aromatic heterocycles. The zero-order valence-electron chi connectivity index (χ0n) is 28.2. The molecule has 0 aliphatic carbocycles. The normalized spacial score (nSPS) is 13.3. The number of halogens is 1. The van der Waals surface area contributed by atoms with Crippen LogP contribution in [0, 0.1) is 17.7 Å². The number of quaternary nitrogens is 1. The van der Waals surface area contributed by atoms with E-state index in [1.54, 1.807) is 18.4 Å². The van der Waals surface area contributed by atoms with Gasteiger partial charge in [-0.15, -0.1) is 0 Å². The average Bonchev–Trinajstić information content (AvgIpc) is 3.10. The maximum absolute atomic E-state index is 13.9. The molecule has 0 saturated carbocycles. The molecule has 0 heterocycles. The van der Waals surface area contributed by atoms with E-state index in [0.717, 1.165) is 48.9 Å². The van der Waals surface area contributed by atoms with Crippen LogP contribution in [0.25, 0.3) is 0 Å². The summed E-state index contributed by atoms with van der Waals surface area (Å²) in [6.07, 6.45) is 1.09. The Kier molecular flexibility index (Phi) is 18.4. The van der Waals surface area contributed by atoms with E-state index < -0.39 is 48.4 Å². The van der Waals surface area contributed by atoms with Crippen LogP contribution < -0.4 is 15.3 Å². The Morgan fingerprint density at radius 2 is 1.40 bits per heavy atom. The molecular weight excluding hydrogens is 615 g/mol. The SMILES string of the molecule is CCCCCN(Cc1ccc(C#Cc2ccc(CCCC)cc2)cc1)c1ccc(F)c(C(=O)[O-])c1.C[NH2+]C[C@H](O)[C@@H](O)[C@H](O)[C@H](O)CO. The first-order valence-corrected chi connectivity index (χ1v) is 16.6. The summed E-state index contributed by atoms with van der Waals surface area (Å²) in [6, 6.07) is 20.7. The summed E-state index contributed by atoms with van der Waals surface area (Å²) in [5.41, 5.74) is 4.61. The van der Waals surface area contributed by atoms with E-state index in [9.17, 15) is 24.5 Å². The van der Waals surface area contributed by atoms with E-state index in [-0.39, 0.29) is 6.54 Å². The average molecular weight is 667 g/mol. The van der Waals surface area contributed by atoms with Crippen LogP contribution in [0.2, 0.25) is 0 Å². The van der Waals surface area contributed by atoms with Gasteiger partial charge in [-0.05, 0) is 72.9 Å². The van der Waals surface area contributed by atoms with Crippen molar-refractivity contribution in [2.24, 2.45) is 0 Å². The van der Waals surface area contributed by atoms with Crippen molar-refractivity contribution >= 4 is 11.7 Å². The molecule has 0 bridgehead atoms. The Balaban J connectivity index is 0.000000521. The number of rotatable bonds is 17. The van der Waals surface area contributed by atoms with Crippen molar-refractivity contribution in [1.29, 1.82) is 0 Å². The third kappa shape index (κ3) is 13.7. The Labute approximate surface area is 283 Å². The second-order valence-corrected chi connectivity index (χ2v) is 11.8. The standard InChI is InChI=1S/C31H34FNO2.C7H17NO5/c1-3-5-7-21-33(28-19-20-30(32)29(22-28)31(34)35)23-27-17-15-26(16-18-27)14-13-25-11-9-24(10-12-25)8-6-4-2;1-8-2-4(10)6(12)7(13)5(11)3-9/h9-12,15-20,22H,3-8,21,23H2,1-2H3,(H,34,35);4-13H,2-3H2,1H3/t;4-,5+,6+,7+/m.0/s1. The number of hydrogen-bond donors (Lipinski definition) is 6. The molecule has 0 aliphatic heterocycles. The molecule has 0 radical (unpaired) electrons. The lowest BCUT2D eigenvalue weighted by Crippen LogP contribution is -2.83. The molecule has 0 fully saturated rings. The predicted molar refractivity (Wildman–Crippen MR) is 183 cm³/mol. The van der Waals surface area contributed by atoms with Crippen LogP contribution in [0.15, 0.2) is 66.7 Å². The van der Waals surface area contributed by atoms with Crippen molar-refractivity contribution in [2.75, 3.05) is 31.6 Å². The van der Waals surface area contributed by atoms with Crippen LogP contribution in [0.5, 0.6) is 0 Å². The second kappa shape index (κ2) is 21.9. The highest BCUT2D eigenvalue weighted by molar-refractivity contribution is 5.87. The van der Waals surface area contributed by atoms with Crippen LogP contribution in [-0.4, -0.2) is 82.7 Å². The number of anilines is 1. The quantitative estimate of drug-likeness (QED) is 0.0939. The highest BCUT2D eigenvalue weighted by atomic mass is 19.1. The summed E-state index contributed by atoms with van der Waals surface area (Å²) in [6.45, 7) is 5.25. The van der Waals surface area contributed by atoms with E-state index in [1.165, 1.54) is 30.5 Å². The largest absolute Gasteiger partial charge is 0.545 e. The van der Waals surface area contributed by atoms with Crippen molar-refractivity contribution in [2.45, 2.75) is 83.3 Å². The predicted octanol–water partition coefficient (Wildman–Crippen LogP) is 1.74. The zero-order chi connectivity index (χ0) is 35.5. The number of aliphatic hydroxyl groups excluding tert-OH is 5. The van der Waals surface area contributed by atoms with Gasteiger partial charge in [-0.25, -0.2) is 4.39 Å². The van der Waals surface area contributed by atoms with E-state index in [4.69, 9.17) is 15.3 Å². The van der Waals surface area contributed by atoms with Crippen LogP contribution in [0.1, 0.15) is 78.6 Å². The van der Waals surface area contributed by atoms with E-state index >= 15 is 0 Å². The van der Waals surface area contributed by atoms with E-state index in [1.807, 2.05) is 24.3 Å². The second-order valence-electron chi connectivity index (χ2n) is 11.8. The summed E-state index contributed by atoms with van der Waals surface area (Å²) in [5, 5.41) is 57.9. The van der Waals surface area contributed by atoms with Crippen LogP contribution in [0.3, 0.4) is 0 Å². The molecule has 262 valence electrons. The maximum Gasteiger partial charge on any atom is 0.132 e. The summed E-state index contributed by atoms with van der Waals surface area (Å²) >= 11 is 0. The maximum atomic E-state index is 13.9. The van der Waals surface area contributed by atoms with Gasteiger partial charge in [-0.3, -0.25) is 0 Å². The first-order valence-electron chi connectivity index (χ1n) is 16.6. The number of aromatic carboxylic acids is 1. The van der Waals surface area contributed by atoms with Gasteiger partial charge in [-0.2, -0.15) is 0 Å². The first-order chi connectivity index (χ1) is 23.0. The number of unbranched alkanes of at least 4 members (excludes halogenated alkanes) is 3. The lowest BCUT2D eigenvalue weighted by atomic mass is 10.0. The van der Waals surface area contributed by atoms with E-state index in [0.29, 0.717) is 12.2 Å². The van der Waals surface area contributed by atoms with Crippen LogP contribution >= 0.6 is 0 Å². The lowest BCUT2D eigenvalue weighted by Gasteiger charge is -2.26. The summed E-state index contributed by atoms with van der Waals surface area (Å²) in [7, 11) is 1.70. The number of aryl methyl sites for hydroxylation is 1. The minimum atomic E-state index is -1.53. The van der Waals surface area contributed by atoms with Crippen molar-refractivity contribution in [3.63, 3.8) is 0 Å². The third-order valence-electron chi connectivity index (χ3n) is 7.82. The topological polar surface area (TPSA) is 161 Å². The minimum Gasteiger partial charge on any atom is -0.545 e. The molecule has 3 aromatic rings. The minimum absolute atomic E-state index is 0.219. The first kappa shape index (κ1) is 40.4. The summed E-state index contributed by atoms with van der Waals surface area (Å²) in [5.74, 6) is 4.18. The Morgan fingerprint density at radius 3 is 1.92 bits per heavy atom. The number of carboxylic acids is 1. The molecule has 10 heteroatoms. The molecular formula is C38H51FN2O7. The van der Waals surface area contributed by atoms with Crippen molar-refractivity contribution in [3.8, 4) is 11.8 Å². The fourth-order valence-corrected chi connectivity index (χ4v) is 4.86. The van der Waals surface area contributed by atoms with Crippen molar-refractivity contribution in [3.05, 3.63) is 100 Å². The van der Waals surface area contributed by atoms with E-state index in [2.05, 4.69) is 54.9 Å². The number of carboxylic acid groups (broad SMARTS) is 1. The smallest absolute Gasteiger partial charge is 0.132 e. The number of carbonyl (C=O) groups excluding carboxylic acids is 1. The highest BCUT2D eigenvalue weighted by Crippen LogP contribution is 2.22. The summed E-state index contributed by atoms with van der Waals surface area (Å²) < 4.78 is 13.9. The van der Waals surface area contributed by atoms with Gasteiger partial charge in [0.15, 0.2) is 0 Å². The summed E-state index contributed by atoms with van der Waals surface area (Å²) in [4.78, 5) is 13.4. The molecule has 3 aromatic carbocycles. The number of benzene rings is 3. The fraction of sp³-hybridized carbons (Fsp3) is 0.447. The zero-order valence-corrected chi connectivity index (χ0v) is 28.2. The van der Waals surface area contributed by atoms with Crippen LogP contribution in [-0.2, 0) is 13.0 Å². The Morgan fingerprint density at radius 1 is 0.833 bits per heavy atom. The molecule has 4 atom stereocenters. The van der Waals surface area contributed by atoms with Gasteiger partial charge < -0.3 is 45.7 Å². The van der Waals surface area contributed by atoms with Gasteiger partial charge in [0.1, 0.15) is 36.8 Å². The molecule has 3 rings (SSSR count). The number of hydrogen-bond acceptors (Lipinski definition) is 8. The highest BCUT2D eigenvalue weighted by Gasteiger charge is 2.30. The fourth-order valence-electron chi connectivity index (χ4n) is 4.86. The molecule has 0 saturated heterocycles. The molecule has 0 spiro atoms. The molecule has 9 nitrogen and oxygen atoms in total. The van der Waals surface area contributed by atoms with Gasteiger partial charge in [0.05, 0.1) is 19.6 Å². The number of nitrogens with two attached hydrogens (primary N) is 1. The van der Waals surface area contributed by atoms with Gasteiger partial charge in [0.25, 0.3) is 0 Å². The molecule has 0 aliphatic rings. The van der Waals surface area contributed by atoms with Crippen molar-refractivity contribution < 1.29 is 45.1 Å².